The summed E-state index contributed by atoms with van der Waals surface area (Å²) in [4.78, 5) is 27.8. The van der Waals surface area contributed by atoms with Gasteiger partial charge >= 0.3 is 12.0 Å². The highest BCUT2D eigenvalue weighted by Gasteiger charge is 2.53. The van der Waals surface area contributed by atoms with Gasteiger partial charge in [-0.3, -0.25) is 4.79 Å². The third kappa shape index (κ3) is 1.74. The molecule has 0 aliphatic carbocycles. The highest BCUT2D eigenvalue weighted by Crippen LogP contribution is 2.42. The number of urea groups is 1. The molecule has 0 spiro atoms. The number of aliphatic carboxylic acids is 1. The third-order valence-electron chi connectivity index (χ3n) is 5.39. The van der Waals surface area contributed by atoms with E-state index in [1.54, 1.807) is 0 Å². The van der Waals surface area contributed by atoms with Crippen LogP contribution in [0.2, 0.25) is 0 Å². The van der Waals surface area contributed by atoms with Crippen molar-refractivity contribution in [2.45, 2.75) is 56.4 Å². The second-order valence-corrected chi connectivity index (χ2v) is 6.53. The van der Waals surface area contributed by atoms with Crippen LogP contribution in [0.4, 0.5) is 4.79 Å². The summed E-state index contributed by atoms with van der Waals surface area (Å²) >= 11 is 0. The number of fused-ring (bicyclic) bond motifs is 4. The molecule has 4 aliphatic heterocycles. The Bertz CT molecular complexity index is 442. The number of likely N-dealkylation sites (tertiary alicyclic amines) is 1. The van der Waals surface area contributed by atoms with Crippen molar-refractivity contribution in [2.24, 2.45) is 5.92 Å². The number of amides is 2. The fourth-order valence-corrected chi connectivity index (χ4v) is 4.49. The summed E-state index contributed by atoms with van der Waals surface area (Å²) in [6.45, 7) is 1.34. The first-order valence-corrected chi connectivity index (χ1v) is 7.59. The van der Waals surface area contributed by atoms with Crippen LogP contribution in [0, 0.1) is 5.92 Å². The van der Waals surface area contributed by atoms with Crippen LogP contribution in [0.1, 0.15) is 32.1 Å². The maximum absolute atomic E-state index is 12.8. The Labute approximate surface area is 117 Å². The third-order valence-corrected chi connectivity index (χ3v) is 5.39. The van der Waals surface area contributed by atoms with Gasteiger partial charge < -0.3 is 19.6 Å². The van der Waals surface area contributed by atoms with Gasteiger partial charge in [0, 0.05) is 25.2 Å². The first-order valence-electron chi connectivity index (χ1n) is 7.59. The molecule has 4 fully saturated rings. The molecule has 0 radical (unpaired) electrons. The summed E-state index contributed by atoms with van der Waals surface area (Å²) in [5.74, 6) is -1.12. The van der Waals surface area contributed by atoms with Crippen molar-refractivity contribution in [2.75, 3.05) is 13.1 Å². The molecule has 0 aromatic heterocycles. The second kappa shape index (κ2) is 4.35. The molecule has 6 heteroatoms. The highest BCUT2D eigenvalue weighted by molar-refractivity contribution is 5.79. The van der Waals surface area contributed by atoms with E-state index < -0.39 is 5.97 Å². The lowest BCUT2D eigenvalue weighted by Crippen LogP contribution is -2.53. The van der Waals surface area contributed by atoms with Crippen molar-refractivity contribution in [1.82, 2.24) is 9.80 Å². The van der Waals surface area contributed by atoms with Crippen LogP contribution in [0.3, 0.4) is 0 Å². The molecular weight excluding hydrogens is 260 g/mol. The number of carbonyl (C=O) groups is 2. The van der Waals surface area contributed by atoms with Crippen LogP contribution in [0.15, 0.2) is 0 Å². The molecule has 4 bridgehead atoms. The Morgan fingerprint density at radius 1 is 1.05 bits per heavy atom. The summed E-state index contributed by atoms with van der Waals surface area (Å²) in [7, 11) is 0. The number of hydrogen-bond acceptors (Lipinski definition) is 3. The van der Waals surface area contributed by atoms with Gasteiger partial charge in [-0.05, 0) is 32.1 Å². The molecule has 4 rings (SSSR count). The van der Waals surface area contributed by atoms with Gasteiger partial charge in [-0.2, -0.15) is 0 Å². The average molecular weight is 280 g/mol. The minimum Gasteiger partial charge on any atom is -0.481 e. The Balaban J connectivity index is 1.50. The molecule has 4 aliphatic rings. The minimum absolute atomic E-state index is 0.0430. The van der Waals surface area contributed by atoms with Gasteiger partial charge in [0.05, 0.1) is 18.1 Å². The number of morpholine rings is 1. The zero-order valence-corrected chi connectivity index (χ0v) is 11.4. The SMILES string of the molecule is O=C(O)C1CC2CCC1N2C(=O)N1CC2CCC(C1)O2. The Kier molecular flexibility index (Phi) is 2.70. The van der Waals surface area contributed by atoms with Gasteiger partial charge in [-0.15, -0.1) is 0 Å². The van der Waals surface area contributed by atoms with Crippen LogP contribution < -0.4 is 0 Å². The lowest BCUT2D eigenvalue weighted by Gasteiger charge is -2.36. The molecule has 2 amide bonds. The topological polar surface area (TPSA) is 70.1 Å². The fraction of sp³-hybridized carbons (Fsp3) is 0.857. The van der Waals surface area contributed by atoms with Crippen molar-refractivity contribution >= 4 is 12.0 Å². The van der Waals surface area contributed by atoms with Crippen molar-refractivity contribution in [3.63, 3.8) is 0 Å². The highest BCUT2D eigenvalue weighted by atomic mass is 16.5. The van der Waals surface area contributed by atoms with Crippen LogP contribution in [-0.4, -0.2) is 64.3 Å². The summed E-state index contributed by atoms with van der Waals surface area (Å²) < 4.78 is 5.76. The van der Waals surface area contributed by atoms with Crippen molar-refractivity contribution in [3.05, 3.63) is 0 Å². The number of carboxylic acid groups (broad SMARTS) is 1. The van der Waals surface area contributed by atoms with E-state index in [1.807, 2.05) is 9.80 Å². The summed E-state index contributed by atoms with van der Waals surface area (Å²) in [5.41, 5.74) is 0. The zero-order chi connectivity index (χ0) is 13.9. The van der Waals surface area contributed by atoms with E-state index in [2.05, 4.69) is 0 Å². The van der Waals surface area contributed by atoms with Crippen LogP contribution in [0.25, 0.3) is 0 Å². The molecular formula is C14H20N2O4. The molecule has 0 aromatic rings. The maximum atomic E-state index is 12.8. The minimum atomic E-state index is -0.753. The Morgan fingerprint density at radius 2 is 1.75 bits per heavy atom. The predicted molar refractivity (Wildman–Crippen MR) is 69.3 cm³/mol. The van der Waals surface area contributed by atoms with Gasteiger partial charge in [0.1, 0.15) is 0 Å². The maximum Gasteiger partial charge on any atom is 0.320 e. The molecule has 0 aromatic carbocycles. The van der Waals surface area contributed by atoms with E-state index in [9.17, 15) is 14.7 Å². The van der Waals surface area contributed by atoms with Gasteiger partial charge in [-0.25, -0.2) is 4.79 Å². The Morgan fingerprint density at radius 3 is 2.35 bits per heavy atom. The fourth-order valence-electron chi connectivity index (χ4n) is 4.49. The molecule has 4 heterocycles. The first-order chi connectivity index (χ1) is 9.63. The number of carboxylic acids is 1. The molecule has 110 valence electrons. The van der Waals surface area contributed by atoms with Crippen molar-refractivity contribution in [1.29, 1.82) is 0 Å². The normalized spacial score (nSPS) is 42.3. The molecule has 4 saturated heterocycles. The van der Waals surface area contributed by atoms with E-state index in [0.717, 1.165) is 25.7 Å². The van der Waals surface area contributed by atoms with Crippen molar-refractivity contribution in [3.8, 4) is 0 Å². The average Bonchev–Trinajstić information content (AvgIpc) is 3.10. The molecule has 5 atom stereocenters. The van der Waals surface area contributed by atoms with Gasteiger partial charge in [-0.1, -0.05) is 0 Å². The van der Waals surface area contributed by atoms with Gasteiger partial charge in [0.15, 0.2) is 0 Å². The van der Waals surface area contributed by atoms with E-state index in [0.29, 0.717) is 19.5 Å². The van der Waals surface area contributed by atoms with Crippen LogP contribution >= 0.6 is 0 Å². The van der Waals surface area contributed by atoms with E-state index in [-0.39, 0.29) is 36.2 Å². The quantitative estimate of drug-likeness (QED) is 0.775. The second-order valence-electron chi connectivity index (χ2n) is 6.53. The van der Waals surface area contributed by atoms with Gasteiger partial charge in [0.25, 0.3) is 0 Å². The number of carbonyl (C=O) groups excluding carboxylic acids is 1. The number of nitrogens with zero attached hydrogens (tertiary/aromatic N) is 2. The first kappa shape index (κ1) is 12.4. The summed E-state index contributed by atoms with van der Waals surface area (Å²) in [6.07, 6.45) is 4.88. The zero-order valence-electron chi connectivity index (χ0n) is 11.4. The molecule has 20 heavy (non-hydrogen) atoms. The Hall–Kier alpha value is -1.30. The van der Waals surface area contributed by atoms with Crippen molar-refractivity contribution < 1.29 is 19.4 Å². The predicted octanol–water partition coefficient (Wildman–Crippen LogP) is 0.907. The lowest BCUT2D eigenvalue weighted by atomic mass is 9.89. The van der Waals surface area contributed by atoms with E-state index in [4.69, 9.17) is 4.74 Å². The smallest absolute Gasteiger partial charge is 0.320 e. The standard InChI is InChI=1S/C14H20N2O4/c17-13(18)11-5-8-1-4-12(11)16(8)14(19)15-6-9-2-3-10(7-15)20-9/h8-12H,1-7H2,(H,17,18). The van der Waals surface area contributed by atoms with Crippen LogP contribution in [0.5, 0.6) is 0 Å². The summed E-state index contributed by atoms with van der Waals surface area (Å²) in [6, 6.07) is 0.0843. The number of ether oxygens (including phenoxy) is 1. The molecule has 6 nitrogen and oxygen atoms in total. The summed E-state index contributed by atoms with van der Waals surface area (Å²) in [5, 5.41) is 9.27. The number of rotatable bonds is 1. The molecule has 1 N–H and O–H groups in total. The van der Waals surface area contributed by atoms with E-state index >= 15 is 0 Å². The van der Waals surface area contributed by atoms with E-state index in [1.165, 1.54) is 0 Å². The largest absolute Gasteiger partial charge is 0.481 e. The van der Waals surface area contributed by atoms with Crippen LogP contribution in [-0.2, 0) is 9.53 Å². The monoisotopic (exact) mass is 280 g/mol. The molecule has 5 unspecified atom stereocenters. The number of hydrogen-bond donors (Lipinski definition) is 1. The van der Waals surface area contributed by atoms with Gasteiger partial charge in [0.2, 0.25) is 0 Å². The lowest BCUT2D eigenvalue weighted by molar-refractivity contribution is -0.142. The molecule has 0 saturated carbocycles.